The normalized spacial score (nSPS) is 15.8. The number of para-hydroxylation sites is 1. The Hall–Kier alpha value is -2.89. The minimum absolute atomic E-state index is 0.481. The quantitative estimate of drug-likeness (QED) is 0.695. The first-order valence-corrected chi connectivity index (χ1v) is 7.84. The van der Waals surface area contributed by atoms with E-state index in [1.807, 2.05) is 59.3 Å². The van der Waals surface area contributed by atoms with E-state index in [0.717, 1.165) is 33.8 Å². The molecular formula is C19H18N4O. The highest BCUT2D eigenvalue weighted by molar-refractivity contribution is 5.86. The molecule has 0 radical (unpaired) electrons. The summed E-state index contributed by atoms with van der Waals surface area (Å²) in [5, 5.41) is 13.6. The summed E-state index contributed by atoms with van der Waals surface area (Å²) in [5.41, 5.74) is 10.6. The van der Waals surface area contributed by atoms with Crippen molar-refractivity contribution in [2.75, 3.05) is 5.32 Å². The summed E-state index contributed by atoms with van der Waals surface area (Å²) in [6.45, 7) is 0.481. The Labute approximate surface area is 140 Å². The molecular weight excluding hydrogens is 300 g/mol. The van der Waals surface area contributed by atoms with E-state index in [9.17, 15) is 5.11 Å². The molecule has 0 fully saturated rings. The molecule has 3 aromatic rings. The van der Waals surface area contributed by atoms with Crippen molar-refractivity contribution >= 4 is 12.2 Å². The Morgan fingerprint density at radius 2 is 1.96 bits per heavy atom. The summed E-state index contributed by atoms with van der Waals surface area (Å²) in [4.78, 5) is 4.09. The van der Waals surface area contributed by atoms with E-state index in [1.165, 1.54) is 6.34 Å². The molecule has 2 aromatic carbocycles. The van der Waals surface area contributed by atoms with Crippen molar-refractivity contribution in [1.29, 1.82) is 0 Å². The van der Waals surface area contributed by atoms with E-state index in [2.05, 4.69) is 16.4 Å². The van der Waals surface area contributed by atoms with Crippen LogP contribution in [-0.4, -0.2) is 16.0 Å². The van der Waals surface area contributed by atoms with E-state index >= 15 is 0 Å². The van der Waals surface area contributed by atoms with Crippen LogP contribution < -0.4 is 11.1 Å². The van der Waals surface area contributed by atoms with Crippen LogP contribution >= 0.6 is 0 Å². The first kappa shape index (κ1) is 14.7. The number of nitrogens with two attached hydrogens (primary N) is 1. The fourth-order valence-electron chi connectivity index (χ4n) is 3.06. The Bertz CT molecular complexity index is 899. The second-order valence-corrected chi connectivity index (χ2v) is 5.71. The number of fused-ring (bicyclic) bond motifs is 1. The summed E-state index contributed by atoms with van der Waals surface area (Å²) in [6.07, 6.45) is 2.68. The number of aliphatic hydroxyl groups is 1. The second-order valence-electron chi connectivity index (χ2n) is 5.71. The predicted octanol–water partition coefficient (Wildman–Crippen LogP) is 3.05. The SMILES string of the molecule is NCc1cccc(-c2cn(-c3ccccc3)c3c2C(O)N=CN3)c1. The van der Waals surface area contributed by atoms with Crippen molar-refractivity contribution in [3.63, 3.8) is 0 Å². The van der Waals surface area contributed by atoms with Crippen molar-refractivity contribution in [3.8, 4) is 16.8 Å². The van der Waals surface area contributed by atoms with Gasteiger partial charge in [-0.15, -0.1) is 0 Å². The number of nitrogens with one attached hydrogen (secondary N) is 1. The maximum absolute atomic E-state index is 10.4. The number of aromatic nitrogens is 1. The molecule has 1 aliphatic rings. The van der Waals surface area contributed by atoms with Crippen LogP contribution in [-0.2, 0) is 6.54 Å². The Morgan fingerprint density at radius 3 is 2.75 bits per heavy atom. The lowest BCUT2D eigenvalue weighted by Crippen LogP contribution is -2.12. The van der Waals surface area contributed by atoms with Crippen molar-refractivity contribution in [2.45, 2.75) is 12.8 Å². The molecule has 1 aliphatic heterocycles. The third kappa shape index (κ3) is 2.40. The lowest BCUT2D eigenvalue weighted by atomic mass is 10.0. The number of hydrogen-bond donors (Lipinski definition) is 3. The average molecular weight is 318 g/mol. The smallest absolute Gasteiger partial charge is 0.177 e. The maximum atomic E-state index is 10.4. The fraction of sp³-hybridized carbons (Fsp3) is 0.105. The van der Waals surface area contributed by atoms with Crippen LogP contribution in [0.3, 0.4) is 0 Å². The van der Waals surface area contributed by atoms with Gasteiger partial charge in [-0.3, -0.25) is 0 Å². The maximum Gasteiger partial charge on any atom is 0.177 e. The van der Waals surface area contributed by atoms with Gasteiger partial charge in [-0.1, -0.05) is 36.4 Å². The van der Waals surface area contributed by atoms with Gasteiger partial charge < -0.3 is 20.7 Å². The molecule has 0 aliphatic carbocycles. The molecule has 0 saturated heterocycles. The summed E-state index contributed by atoms with van der Waals surface area (Å²) in [5.74, 6) is 0.830. The van der Waals surface area contributed by atoms with Gasteiger partial charge in [-0.25, -0.2) is 4.99 Å². The monoisotopic (exact) mass is 318 g/mol. The Kier molecular flexibility index (Phi) is 3.65. The molecule has 1 atom stereocenters. The Balaban J connectivity index is 1.93. The molecule has 0 spiro atoms. The zero-order chi connectivity index (χ0) is 16.5. The van der Waals surface area contributed by atoms with E-state index in [0.29, 0.717) is 6.54 Å². The molecule has 2 heterocycles. The molecule has 24 heavy (non-hydrogen) atoms. The van der Waals surface area contributed by atoms with Gasteiger partial charge >= 0.3 is 0 Å². The minimum Gasteiger partial charge on any atom is -0.368 e. The van der Waals surface area contributed by atoms with Gasteiger partial charge in [0.15, 0.2) is 6.23 Å². The molecule has 5 heteroatoms. The summed E-state index contributed by atoms with van der Waals surface area (Å²) < 4.78 is 2.04. The largest absolute Gasteiger partial charge is 0.368 e. The first-order valence-electron chi connectivity index (χ1n) is 7.84. The molecule has 4 rings (SSSR count). The van der Waals surface area contributed by atoms with E-state index < -0.39 is 6.23 Å². The molecule has 1 unspecified atom stereocenters. The van der Waals surface area contributed by atoms with Gasteiger partial charge in [0, 0.05) is 24.0 Å². The number of hydrogen-bond acceptors (Lipinski definition) is 4. The fourth-order valence-corrected chi connectivity index (χ4v) is 3.06. The molecule has 5 nitrogen and oxygen atoms in total. The lowest BCUT2D eigenvalue weighted by molar-refractivity contribution is 0.189. The number of benzene rings is 2. The van der Waals surface area contributed by atoms with Crippen LogP contribution in [0.25, 0.3) is 16.8 Å². The van der Waals surface area contributed by atoms with E-state index in [-0.39, 0.29) is 0 Å². The number of anilines is 1. The van der Waals surface area contributed by atoms with Gasteiger partial charge in [0.1, 0.15) is 5.82 Å². The Morgan fingerprint density at radius 1 is 1.12 bits per heavy atom. The van der Waals surface area contributed by atoms with Crippen LogP contribution in [0.1, 0.15) is 17.4 Å². The highest BCUT2D eigenvalue weighted by atomic mass is 16.3. The minimum atomic E-state index is -0.886. The van der Waals surface area contributed by atoms with E-state index in [1.54, 1.807) is 0 Å². The molecule has 1 aromatic heterocycles. The molecule has 0 bridgehead atoms. The van der Waals surface area contributed by atoms with Crippen LogP contribution in [0.2, 0.25) is 0 Å². The van der Waals surface area contributed by atoms with Crippen LogP contribution in [0.5, 0.6) is 0 Å². The molecule has 0 saturated carbocycles. The average Bonchev–Trinajstić information content (AvgIpc) is 3.04. The highest BCUT2D eigenvalue weighted by Gasteiger charge is 2.25. The number of aliphatic imine (C=N–C) groups is 1. The number of nitrogens with zero attached hydrogens (tertiary/aromatic N) is 2. The van der Waals surface area contributed by atoms with Gasteiger partial charge in [0.05, 0.1) is 11.9 Å². The topological polar surface area (TPSA) is 75.6 Å². The summed E-state index contributed by atoms with van der Waals surface area (Å²) in [6, 6.07) is 18.1. The van der Waals surface area contributed by atoms with Crippen molar-refractivity contribution < 1.29 is 5.11 Å². The summed E-state index contributed by atoms with van der Waals surface area (Å²) in [7, 11) is 0. The van der Waals surface area contributed by atoms with Gasteiger partial charge in [0.2, 0.25) is 0 Å². The van der Waals surface area contributed by atoms with Crippen LogP contribution in [0.15, 0.2) is 65.8 Å². The summed E-state index contributed by atoms with van der Waals surface area (Å²) >= 11 is 0. The zero-order valence-electron chi connectivity index (χ0n) is 13.1. The molecule has 4 N–H and O–H groups in total. The van der Waals surface area contributed by atoms with Crippen LogP contribution in [0.4, 0.5) is 5.82 Å². The van der Waals surface area contributed by atoms with Crippen molar-refractivity contribution in [3.05, 3.63) is 71.9 Å². The predicted molar refractivity (Wildman–Crippen MR) is 96.2 cm³/mol. The standard InChI is InChI=1S/C19H18N4O/c20-10-13-5-4-6-14(9-13)16-11-23(15-7-2-1-3-8-15)18-17(16)19(24)22-12-21-18/h1-9,11-12,19,24H,10,20H2,(H,21,22). The third-order valence-electron chi connectivity index (χ3n) is 4.23. The highest BCUT2D eigenvalue weighted by Crippen LogP contribution is 2.39. The van der Waals surface area contributed by atoms with E-state index in [4.69, 9.17) is 5.73 Å². The van der Waals surface area contributed by atoms with Crippen molar-refractivity contribution in [1.82, 2.24) is 4.57 Å². The third-order valence-corrected chi connectivity index (χ3v) is 4.23. The molecule has 0 amide bonds. The zero-order valence-corrected chi connectivity index (χ0v) is 13.1. The molecule has 120 valence electrons. The number of aliphatic hydroxyl groups excluding tert-OH is 1. The number of rotatable bonds is 3. The lowest BCUT2D eigenvalue weighted by Gasteiger charge is -2.17. The van der Waals surface area contributed by atoms with Gasteiger partial charge in [-0.2, -0.15) is 0 Å². The first-order chi connectivity index (χ1) is 11.8. The van der Waals surface area contributed by atoms with Gasteiger partial charge in [-0.05, 0) is 29.3 Å². The second kappa shape index (κ2) is 5.96. The van der Waals surface area contributed by atoms with Crippen LogP contribution in [0, 0.1) is 0 Å². The van der Waals surface area contributed by atoms with Gasteiger partial charge in [0.25, 0.3) is 0 Å². The van der Waals surface area contributed by atoms with Crippen molar-refractivity contribution in [2.24, 2.45) is 10.7 Å².